The standard InChI is InChI=1S/C14H13NO4/c16-13-12(14(17)18)11(10-6-3-7-19-10)8-4-1-2-5-9(8)15-13/h3,6-7H,1-2,4-5H2,(H,15,16)(H,17,18). The second kappa shape index (κ2) is 4.42. The van der Waals surface area contributed by atoms with E-state index in [-0.39, 0.29) is 5.56 Å². The molecule has 19 heavy (non-hydrogen) atoms. The maximum Gasteiger partial charge on any atom is 0.342 e. The van der Waals surface area contributed by atoms with Gasteiger partial charge < -0.3 is 14.5 Å². The Bertz CT molecular complexity index is 682. The molecule has 0 unspecified atom stereocenters. The summed E-state index contributed by atoms with van der Waals surface area (Å²) < 4.78 is 5.32. The molecule has 5 nitrogen and oxygen atoms in total. The van der Waals surface area contributed by atoms with Gasteiger partial charge in [0.1, 0.15) is 11.3 Å². The van der Waals surface area contributed by atoms with E-state index in [4.69, 9.17) is 4.42 Å². The number of fused-ring (bicyclic) bond motifs is 1. The average Bonchev–Trinajstić information content (AvgIpc) is 2.90. The number of H-pyrrole nitrogens is 1. The van der Waals surface area contributed by atoms with Gasteiger partial charge in [0.05, 0.1) is 6.26 Å². The molecule has 0 radical (unpaired) electrons. The first kappa shape index (κ1) is 11.8. The zero-order valence-corrected chi connectivity index (χ0v) is 10.2. The fourth-order valence-corrected chi connectivity index (χ4v) is 2.68. The van der Waals surface area contributed by atoms with Crippen LogP contribution in [0.2, 0.25) is 0 Å². The molecule has 0 saturated heterocycles. The van der Waals surface area contributed by atoms with Gasteiger partial charge in [0.2, 0.25) is 0 Å². The molecule has 2 N–H and O–H groups in total. The van der Waals surface area contributed by atoms with E-state index in [0.29, 0.717) is 11.3 Å². The third-order valence-corrected chi connectivity index (χ3v) is 3.49. The number of hydrogen-bond donors (Lipinski definition) is 2. The predicted octanol–water partition coefficient (Wildman–Crippen LogP) is 2.21. The van der Waals surface area contributed by atoms with Gasteiger partial charge in [-0.3, -0.25) is 4.79 Å². The molecule has 0 aliphatic heterocycles. The summed E-state index contributed by atoms with van der Waals surface area (Å²) in [4.78, 5) is 26.0. The lowest BCUT2D eigenvalue weighted by Gasteiger charge is -2.19. The van der Waals surface area contributed by atoms with Gasteiger partial charge in [0, 0.05) is 11.3 Å². The molecule has 0 spiro atoms. The molecule has 1 aliphatic rings. The second-order valence-corrected chi connectivity index (χ2v) is 4.65. The highest BCUT2D eigenvalue weighted by atomic mass is 16.4. The Morgan fingerprint density at radius 1 is 1.32 bits per heavy atom. The number of aryl methyl sites for hydroxylation is 1. The second-order valence-electron chi connectivity index (χ2n) is 4.65. The van der Waals surface area contributed by atoms with Crippen molar-refractivity contribution in [3.63, 3.8) is 0 Å². The van der Waals surface area contributed by atoms with Gasteiger partial charge >= 0.3 is 5.97 Å². The molecule has 3 rings (SSSR count). The highest BCUT2D eigenvalue weighted by Gasteiger charge is 2.26. The van der Waals surface area contributed by atoms with Crippen molar-refractivity contribution < 1.29 is 14.3 Å². The number of nitrogens with one attached hydrogen (secondary N) is 1. The van der Waals surface area contributed by atoms with Crippen molar-refractivity contribution in [3.8, 4) is 11.3 Å². The van der Waals surface area contributed by atoms with E-state index >= 15 is 0 Å². The summed E-state index contributed by atoms with van der Waals surface area (Å²) in [5, 5.41) is 9.29. The Labute approximate surface area is 108 Å². The molecule has 98 valence electrons. The molecule has 0 amide bonds. The predicted molar refractivity (Wildman–Crippen MR) is 68.4 cm³/mol. The lowest BCUT2D eigenvalue weighted by molar-refractivity contribution is 0.0695. The lowest BCUT2D eigenvalue weighted by Crippen LogP contribution is -2.24. The van der Waals surface area contributed by atoms with Gasteiger partial charge in [0.25, 0.3) is 5.56 Å². The van der Waals surface area contributed by atoms with Crippen molar-refractivity contribution in [2.75, 3.05) is 0 Å². The number of aromatic amines is 1. The third kappa shape index (κ3) is 1.87. The minimum Gasteiger partial charge on any atom is -0.477 e. The van der Waals surface area contributed by atoms with E-state index in [9.17, 15) is 14.7 Å². The Morgan fingerprint density at radius 2 is 2.11 bits per heavy atom. The molecule has 0 atom stereocenters. The Morgan fingerprint density at radius 3 is 2.79 bits per heavy atom. The van der Waals surface area contributed by atoms with Gasteiger partial charge in [-0.2, -0.15) is 0 Å². The number of aromatic nitrogens is 1. The summed E-state index contributed by atoms with van der Waals surface area (Å²) in [6.07, 6.45) is 5.02. The van der Waals surface area contributed by atoms with E-state index in [0.717, 1.165) is 36.9 Å². The van der Waals surface area contributed by atoms with Crippen LogP contribution in [0.1, 0.15) is 34.5 Å². The largest absolute Gasteiger partial charge is 0.477 e. The van der Waals surface area contributed by atoms with Crippen LogP contribution in [0.4, 0.5) is 0 Å². The van der Waals surface area contributed by atoms with Crippen molar-refractivity contribution >= 4 is 5.97 Å². The van der Waals surface area contributed by atoms with Crippen LogP contribution < -0.4 is 5.56 Å². The molecule has 0 fully saturated rings. The van der Waals surface area contributed by atoms with E-state index < -0.39 is 11.5 Å². The van der Waals surface area contributed by atoms with E-state index in [1.807, 2.05) is 0 Å². The van der Waals surface area contributed by atoms with Gasteiger partial charge in [-0.1, -0.05) is 0 Å². The van der Waals surface area contributed by atoms with Crippen molar-refractivity contribution in [1.29, 1.82) is 0 Å². The van der Waals surface area contributed by atoms with Gasteiger partial charge in [0.15, 0.2) is 0 Å². The van der Waals surface area contributed by atoms with Crippen molar-refractivity contribution in [2.24, 2.45) is 0 Å². The Hall–Kier alpha value is -2.30. The van der Waals surface area contributed by atoms with Crippen LogP contribution in [0, 0.1) is 0 Å². The number of carboxylic acid groups (broad SMARTS) is 1. The zero-order chi connectivity index (χ0) is 13.4. The third-order valence-electron chi connectivity index (χ3n) is 3.49. The number of furan rings is 1. The van der Waals surface area contributed by atoms with Crippen LogP contribution in [0.25, 0.3) is 11.3 Å². The topological polar surface area (TPSA) is 83.3 Å². The van der Waals surface area contributed by atoms with Crippen molar-refractivity contribution in [3.05, 3.63) is 45.6 Å². The first-order chi connectivity index (χ1) is 9.18. The SMILES string of the molecule is O=C(O)c1c(-c2ccco2)c2c([nH]c1=O)CCCC2. The Kier molecular flexibility index (Phi) is 2.74. The highest BCUT2D eigenvalue weighted by Crippen LogP contribution is 2.32. The molecule has 2 aromatic rings. The number of rotatable bonds is 2. The quantitative estimate of drug-likeness (QED) is 0.866. The molecular formula is C14H13NO4. The smallest absolute Gasteiger partial charge is 0.342 e. The summed E-state index contributed by atoms with van der Waals surface area (Å²) in [5.41, 5.74) is 1.40. The van der Waals surface area contributed by atoms with Crippen LogP contribution in [0.15, 0.2) is 27.6 Å². The first-order valence-electron chi connectivity index (χ1n) is 6.23. The fraction of sp³-hybridized carbons (Fsp3) is 0.286. The summed E-state index contributed by atoms with van der Waals surface area (Å²) in [6, 6.07) is 3.38. The monoisotopic (exact) mass is 259 g/mol. The molecule has 0 bridgehead atoms. The van der Waals surface area contributed by atoms with Crippen LogP contribution in [0.3, 0.4) is 0 Å². The minimum absolute atomic E-state index is 0.226. The van der Waals surface area contributed by atoms with Gasteiger partial charge in [-0.15, -0.1) is 0 Å². The molecule has 0 aromatic carbocycles. The number of carboxylic acids is 1. The van der Waals surface area contributed by atoms with Crippen molar-refractivity contribution in [1.82, 2.24) is 4.98 Å². The molecule has 2 heterocycles. The summed E-state index contributed by atoms with van der Waals surface area (Å²) in [5.74, 6) is -0.775. The molecule has 2 aromatic heterocycles. The van der Waals surface area contributed by atoms with E-state index in [2.05, 4.69) is 4.98 Å². The van der Waals surface area contributed by atoms with Gasteiger partial charge in [-0.25, -0.2) is 4.79 Å². The normalized spacial score (nSPS) is 14.1. The summed E-state index contributed by atoms with van der Waals surface area (Å²) in [7, 11) is 0. The number of hydrogen-bond acceptors (Lipinski definition) is 3. The summed E-state index contributed by atoms with van der Waals surface area (Å²) >= 11 is 0. The fourth-order valence-electron chi connectivity index (χ4n) is 2.68. The average molecular weight is 259 g/mol. The summed E-state index contributed by atoms with van der Waals surface area (Å²) in [6.45, 7) is 0. The molecule has 0 saturated carbocycles. The molecule has 1 aliphatic carbocycles. The number of pyridine rings is 1. The van der Waals surface area contributed by atoms with Crippen LogP contribution in [-0.4, -0.2) is 16.1 Å². The van der Waals surface area contributed by atoms with Crippen LogP contribution in [0.5, 0.6) is 0 Å². The highest BCUT2D eigenvalue weighted by molar-refractivity contribution is 5.96. The maximum absolute atomic E-state index is 12.0. The number of carbonyl (C=O) groups is 1. The van der Waals surface area contributed by atoms with E-state index in [1.54, 1.807) is 12.1 Å². The lowest BCUT2D eigenvalue weighted by atomic mass is 9.89. The number of aromatic carboxylic acids is 1. The van der Waals surface area contributed by atoms with Gasteiger partial charge in [-0.05, 0) is 43.4 Å². The first-order valence-corrected chi connectivity index (χ1v) is 6.23. The van der Waals surface area contributed by atoms with Crippen LogP contribution >= 0.6 is 0 Å². The maximum atomic E-state index is 12.0. The zero-order valence-electron chi connectivity index (χ0n) is 10.2. The van der Waals surface area contributed by atoms with Crippen LogP contribution in [-0.2, 0) is 12.8 Å². The Balaban J connectivity index is 2.37. The van der Waals surface area contributed by atoms with Crippen molar-refractivity contribution in [2.45, 2.75) is 25.7 Å². The molecular weight excluding hydrogens is 246 g/mol. The van der Waals surface area contributed by atoms with E-state index in [1.165, 1.54) is 6.26 Å². The minimum atomic E-state index is -1.22. The molecule has 5 heteroatoms.